The van der Waals surface area contributed by atoms with Crippen LogP contribution in [-0.4, -0.2) is 7.05 Å². The molecule has 0 aromatic heterocycles. The lowest BCUT2D eigenvalue weighted by atomic mass is 10.0. The SMILES string of the molecule is C#CCC(NC)c1cccc(C(F)(F)F)c1F. The molecule has 0 fully saturated rings. The molecule has 92 valence electrons. The average Bonchev–Trinajstić information content (AvgIpc) is 2.25. The molecule has 5 heteroatoms. The van der Waals surface area contributed by atoms with E-state index in [0.29, 0.717) is 6.07 Å². The van der Waals surface area contributed by atoms with Gasteiger partial charge in [-0.15, -0.1) is 12.3 Å². The third-order valence-corrected chi connectivity index (χ3v) is 2.38. The van der Waals surface area contributed by atoms with E-state index in [1.807, 2.05) is 0 Å². The van der Waals surface area contributed by atoms with Crippen molar-refractivity contribution in [3.63, 3.8) is 0 Å². The van der Waals surface area contributed by atoms with Gasteiger partial charge in [0, 0.05) is 18.0 Å². The number of rotatable bonds is 3. The highest BCUT2D eigenvalue weighted by molar-refractivity contribution is 5.31. The topological polar surface area (TPSA) is 12.0 Å². The zero-order chi connectivity index (χ0) is 13.1. The second-order valence-electron chi connectivity index (χ2n) is 3.46. The Balaban J connectivity index is 3.23. The number of alkyl halides is 3. The molecule has 1 N–H and O–H groups in total. The van der Waals surface area contributed by atoms with Crippen LogP contribution in [0, 0.1) is 18.2 Å². The first-order valence-electron chi connectivity index (χ1n) is 4.88. The Bertz CT molecular complexity index is 431. The summed E-state index contributed by atoms with van der Waals surface area (Å²) in [6.45, 7) is 0. The number of hydrogen-bond acceptors (Lipinski definition) is 1. The van der Waals surface area contributed by atoms with Crippen molar-refractivity contribution in [2.75, 3.05) is 7.05 Å². The maximum atomic E-state index is 13.7. The van der Waals surface area contributed by atoms with Crippen LogP contribution in [0.3, 0.4) is 0 Å². The van der Waals surface area contributed by atoms with Crippen LogP contribution in [0.1, 0.15) is 23.6 Å². The lowest BCUT2D eigenvalue weighted by molar-refractivity contribution is -0.140. The molecule has 1 unspecified atom stereocenters. The summed E-state index contributed by atoms with van der Waals surface area (Å²) in [6.07, 6.45) is 0.501. The predicted molar refractivity (Wildman–Crippen MR) is 56.7 cm³/mol. The van der Waals surface area contributed by atoms with Crippen molar-refractivity contribution < 1.29 is 17.6 Å². The number of halogens is 4. The van der Waals surface area contributed by atoms with E-state index < -0.39 is 23.6 Å². The number of nitrogens with one attached hydrogen (secondary N) is 1. The van der Waals surface area contributed by atoms with E-state index in [-0.39, 0.29) is 12.0 Å². The minimum atomic E-state index is -4.70. The van der Waals surface area contributed by atoms with Crippen molar-refractivity contribution in [3.8, 4) is 12.3 Å². The fourth-order valence-corrected chi connectivity index (χ4v) is 1.52. The van der Waals surface area contributed by atoms with Gasteiger partial charge in [0.2, 0.25) is 0 Å². The molecule has 0 bridgehead atoms. The van der Waals surface area contributed by atoms with E-state index in [1.165, 1.54) is 19.2 Å². The molecule has 1 rings (SSSR count). The summed E-state index contributed by atoms with van der Waals surface area (Å²) in [5.74, 6) is 1.02. The Morgan fingerprint density at radius 2 is 2.06 bits per heavy atom. The van der Waals surface area contributed by atoms with Crippen molar-refractivity contribution in [1.29, 1.82) is 0 Å². The second kappa shape index (κ2) is 5.19. The van der Waals surface area contributed by atoms with Crippen LogP contribution >= 0.6 is 0 Å². The molecule has 1 nitrogen and oxygen atoms in total. The molecular weight excluding hydrogens is 234 g/mol. The minimum Gasteiger partial charge on any atom is -0.312 e. The van der Waals surface area contributed by atoms with Crippen LogP contribution in [0.2, 0.25) is 0 Å². The zero-order valence-corrected chi connectivity index (χ0v) is 9.11. The summed E-state index contributed by atoms with van der Waals surface area (Å²) < 4.78 is 51.1. The first-order chi connectivity index (χ1) is 7.91. The van der Waals surface area contributed by atoms with Crippen LogP contribution in [0.25, 0.3) is 0 Å². The molecule has 0 aliphatic heterocycles. The van der Waals surface area contributed by atoms with E-state index in [4.69, 9.17) is 6.42 Å². The number of terminal acetylenes is 1. The zero-order valence-electron chi connectivity index (χ0n) is 9.11. The standard InChI is InChI=1S/C12H11F4N/c1-3-5-10(17-2)8-6-4-7-9(11(8)13)12(14,15)16/h1,4,6-7,10,17H,5H2,2H3. The molecule has 0 radical (unpaired) electrons. The summed E-state index contributed by atoms with van der Waals surface area (Å²) >= 11 is 0. The molecule has 0 aliphatic rings. The summed E-state index contributed by atoms with van der Waals surface area (Å²) in [4.78, 5) is 0. The van der Waals surface area contributed by atoms with Crippen molar-refractivity contribution in [1.82, 2.24) is 5.32 Å². The molecule has 0 spiro atoms. The largest absolute Gasteiger partial charge is 0.419 e. The molecular formula is C12H11F4N. The van der Waals surface area contributed by atoms with Gasteiger partial charge in [0.15, 0.2) is 0 Å². The van der Waals surface area contributed by atoms with Crippen molar-refractivity contribution in [3.05, 3.63) is 35.1 Å². The third kappa shape index (κ3) is 2.98. The smallest absolute Gasteiger partial charge is 0.312 e. The summed E-state index contributed by atoms with van der Waals surface area (Å²) in [7, 11) is 1.52. The molecule has 17 heavy (non-hydrogen) atoms. The Labute approximate surface area is 96.8 Å². The molecule has 1 atom stereocenters. The summed E-state index contributed by atoms with van der Waals surface area (Å²) in [6, 6.07) is 2.55. The molecule has 0 amide bonds. The maximum Gasteiger partial charge on any atom is 0.419 e. The Kier molecular flexibility index (Phi) is 4.13. The second-order valence-corrected chi connectivity index (χ2v) is 3.46. The fraction of sp³-hybridized carbons (Fsp3) is 0.333. The van der Waals surface area contributed by atoms with Crippen molar-refractivity contribution in [2.45, 2.75) is 18.6 Å². The maximum absolute atomic E-state index is 13.7. The van der Waals surface area contributed by atoms with Crippen LogP contribution in [-0.2, 0) is 6.18 Å². The Hall–Kier alpha value is -1.54. The third-order valence-electron chi connectivity index (χ3n) is 2.38. The fourth-order valence-electron chi connectivity index (χ4n) is 1.52. The van der Waals surface area contributed by atoms with E-state index in [2.05, 4.69) is 11.2 Å². The molecule has 1 aromatic rings. The highest BCUT2D eigenvalue weighted by atomic mass is 19.4. The van der Waals surface area contributed by atoms with Crippen LogP contribution < -0.4 is 5.32 Å². The molecule has 0 saturated heterocycles. The molecule has 0 saturated carbocycles. The van der Waals surface area contributed by atoms with Crippen LogP contribution in [0.15, 0.2) is 18.2 Å². The predicted octanol–water partition coefficient (Wildman–Crippen LogP) is 3.13. The minimum absolute atomic E-state index is 0.0692. The summed E-state index contributed by atoms with van der Waals surface area (Å²) in [5.41, 5.74) is -1.34. The van der Waals surface area contributed by atoms with Crippen molar-refractivity contribution >= 4 is 0 Å². The molecule has 0 heterocycles. The van der Waals surface area contributed by atoms with Gasteiger partial charge in [0.25, 0.3) is 0 Å². The van der Waals surface area contributed by atoms with Gasteiger partial charge >= 0.3 is 6.18 Å². The van der Waals surface area contributed by atoms with Gasteiger partial charge in [0.05, 0.1) is 5.56 Å². The number of hydrogen-bond donors (Lipinski definition) is 1. The van der Waals surface area contributed by atoms with E-state index >= 15 is 0 Å². The van der Waals surface area contributed by atoms with E-state index in [1.54, 1.807) is 0 Å². The van der Waals surface area contributed by atoms with Gasteiger partial charge in [-0.1, -0.05) is 12.1 Å². The highest BCUT2D eigenvalue weighted by Crippen LogP contribution is 2.34. The normalized spacial score (nSPS) is 13.2. The Morgan fingerprint density at radius 1 is 1.41 bits per heavy atom. The van der Waals surface area contributed by atoms with Gasteiger partial charge in [-0.25, -0.2) is 4.39 Å². The van der Waals surface area contributed by atoms with Crippen LogP contribution in [0.5, 0.6) is 0 Å². The monoisotopic (exact) mass is 245 g/mol. The molecule has 0 aliphatic carbocycles. The van der Waals surface area contributed by atoms with Gasteiger partial charge in [-0.05, 0) is 13.1 Å². The first kappa shape index (κ1) is 13.5. The average molecular weight is 245 g/mol. The van der Waals surface area contributed by atoms with Crippen molar-refractivity contribution in [2.24, 2.45) is 0 Å². The van der Waals surface area contributed by atoms with Gasteiger partial charge < -0.3 is 5.32 Å². The lowest BCUT2D eigenvalue weighted by Gasteiger charge is -2.17. The highest BCUT2D eigenvalue weighted by Gasteiger charge is 2.35. The lowest BCUT2D eigenvalue weighted by Crippen LogP contribution is -2.19. The number of benzene rings is 1. The Morgan fingerprint density at radius 3 is 2.53 bits per heavy atom. The summed E-state index contributed by atoms with van der Waals surface area (Å²) in [5, 5.41) is 2.69. The van der Waals surface area contributed by atoms with E-state index in [0.717, 1.165) is 0 Å². The van der Waals surface area contributed by atoms with Crippen LogP contribution in [0.4, 0.5) is 17.6 Å². The first-order valence-corrected chi connectivity index (χ1v) is 4.88. The van der Waals surface area contributed by atoms with E-state index in [9.17, 15) is 17.6 Å². The quantitative estimate of drug-likeness (QED) is 0.637. The van der Waals surface area contributed by atoms with Gasteiger partial charge in [-0.3, -0.25) is 0 Å². The molecule has 1 aromatic carbocycles. The van der Waals surface area contributed by atoms with Gasteiger partial charge in [0.1, 0.15) is 5.82 Å². The van der Waals surface area contributed by atoms with Gasteiger partial charge in [-0.2, -0.15) is 13.2 Å².